The molecule has 1 amide bonds. The van der Waals surface area contributed by atoms with Gasteiger partial charge in [0.1, 0.15) is 5.52 Å². The predicted octanol–water partition coefficient (Wildman–Crippen LogP) is 4.93. The first-order chi connectivity index (χ1) is 13.2. The molecule has 0 atom stereocenters. The molecule has 2 heterocycles. The lowest BCUT2D eigenvalue weighted by atomic mass is 9.53. The van der Waals surface area contributed by atoms with Crippen molar-refractivity contribution in [3.8, 4) is 0 Å². The summed E-state index contributed by atoms with van der Waals surface area (Å²) in [6.45, 7) is 3.18. The Morgan fingerprint density at radius 2 is 1.89 bits per heavy atom. The highest BCUT2D eigenvalue weighted by molar-refractivity contribution is 6.05. The van der Waals surface area contributed by atoms with Gasteiger partial charge in [0.25, 0.3) is 5.91 Å². The van der Waals surface area contributed by atoms with Crippen LogP contribution in [0.3, 0.4) is 0 Å². The summed E-state index contributed by atoms with van der Waals surface area (Å²) in [6.07, 6.45) is 15.2. The highest BCUT2D eigenvalue weighted by Gasteiger charge is 2.51. The Hall–Kier alpha value is -1.84. The third-order valence-corrected chi connectivity index (χ3v) is 7.30. The van der Waals surface area contributed by atoms with Crippen molar-refractivity contribution < 1.29 is 4.79 Å². The number of fused-ring (bicyclic) bond motifs is 1. The second kappa shape index (κ2) is 6.65. The van der Waals surface area contributed by atoms with Crippen LogP contribution < -0.4 is 5.32 Å². The molecule has 0 saturated heterocycles. The van der Waals surface area contributed by atoms with E-state index in [4.69, 9.17) is 0 Å². The molecule has 4 bridgehead atoms. The van der Waals surface area contributed by atoms with E-state index in [2.05, 4.69) is 27.9 Å². The van der Waals surface area contributed by atoms with Crippen molar-refractivity contribution in [2.24, 2.45) is 17.8 Å². The summed E-state index contributed by atoms with van der Waals surface area (Å²) in [5.41, 5.74) is 2.76. The summed E-state index contributed by atoms with van der Waals surface area (Å²) in [7, 11) is 0. The number of hydrogen-bond donors (Lipinski definition) is 1. The van der Waals surface area contributed by atoms with Gasteiger partial charge in [-0.25, -0.2) is 0 Å². The maximum Gasteiger partial charge on any atom is 0.255 e. The molecule has 27 heavy (non-hydrogen) atoms. The second-order valence-electron chi connectivity index (χ2n) is 9.47. The summed E-state index contributed by atoms with van der Waals surface area (Å²) >= 11 is 0. The fraction of sp³-hybridized carbons (Fsp3) is 0.652. The van der Waals surface area contributed by atoms with Gasteiger partial charge in [0.15, 0.2) is 0 Å². The minimum atomic E-state index is 0.0528. The van der Waals surface area contributed by atoms with Crippen LogP contribution in [0.2, 0.25) is 0 Å². The Labute approximate surface area is 161 Å². The van der Waals surface area contributed by atoms with Gasteiger partial charge in [0.2, 0.25) is 0 Å². The lowest BCUT2D eigenvalue weighted by Crippen LogP contribution is -2.59. The van der Waals surface area contributed by atoms with E-state index in [1.165, 1.54) is 51.4 Å². The summed E-state index contributed by atoms with van der Waals surface area (Å²) in [5.74, 6) is 2.61. The normalized spacial score (nSPS) is 31.5. The Bertz CT molecular complexity index is 817. The van der Waals surface area contributed by atoms with Crippen LogP contribution in [-0.4, -0.2) is 21.0 Å². The van der Waals surface area contributed by atoms with Crippen LogP contribution in [0, 0.1) is 17.8 Å². The quantitative estimate of drug-likeness (QED) is 0.738. The molecule has 144 valence electrons. The molecule has 0 radical (unpaired) electrons. The van der Waals surface area contributed by atoms with Gasteiger partial charge in [-0.3, -0.25) is 9.78 Å². The molecule has 4 nitrogen and oxygen atoms in total. The summed E-state index contributed by atoms with van der Waals surface area (Å²) < 4.78 is 2.23. The zero-order valence-electron chi connectivity index (χ0n) is 16.4. The SMILES string of the molecule is CCCCCn1cc(C(=O)NC23CC4CC(CC(C4)C2)C3)c2ncccc21. The molecule has 0 aromatic carbocycles. The molecule has 4 saturated carbocycles. The highest BCUT2D eigenvalue weighted by Crippen LogP contribution is 2.55. The number of rotatable bonds is 6. The summed E-state index contributed by atoms with van der Waals surface area (Å²) in [5, 5.41) is 3.52. The van der Waals surface area contributed by atoms with E-state index in [1.54, 1.807) is 6.20 Å². The summed E-state index contributed by atoms with van der Waals surface area (Å²) in [4.78, 5) is 17.9. The second-order valence-corrected chi connectivity index (χ2v) is 9.47. The first-order valence-electron chi connectivity index (χ1n) is 10.9. The third kappa shape index (κ3) is 3.07. The smallest absolute Gasteiger partial charge is 0.255 e. The number of pyridine rings is 1. The van der Waals surface area contributed by atoms with E-state index >= 15 is 0 Å². The van der Waals surface area contributed by atoms with E-state index in [-0.39, 0.29) is 11.4 Å². The van der Waals surface area contributed by atoms with Gasteiger partial charge in [-0.15, -0.1) is 0 Å². The van der Waals surface area contributed by atoms with Crippen molar-refractivity contribution in [2.75, 3.05) is 0 Å². The zero-order valence-corrected chi connectivity index (χ0v) is 16.4. The largest absolute Gasteiger partial charge is 0.346 e. The predicted molar refractivity (Wildman–Crippen MR) is 108 cm³/mol. The fourth-order valence-electron chi connectivity index (χ4n) is 6.58. The molecule has 2 aromatic heterocycles. The molecule has 0 unspecified atom stereocenters. The van der Waals surface area contributed by atoms with Crippen molar-refractivity contribution in [1.29, 1.82) is 0 Å². The van der Waals surface area contributed by atoms with Crippen LogP contribution in [-0.2, 0) is 6.54 Å². The molecule has 2 aromatic rings. The number of nitrogens with zero attached hydrogens (tertiary/aromatic N) is 2. The molecule has 0 spiro atoms. The molecule has 4 fully saturated rings. The minimum absolute atomic E-state index is 0.0528. The average molecular weight is 366 g/mol. The molecular weight excluding hydrogens is 334 g/mol. The van der Waals surface area contributed by atoms with Gasteiger partial charge in [-0.2, -0.15) is 0 Å². The number of unbranched alkanes of at least 4 members (excludes halogenated alkanes) is 2. The van der Waals surface area contributed by atoms with Crippen molar-refractivity contribution >= 4 is 16.9 Å². The molecule has 4 heteroatoms. The van der Waals surface area contributed by atoms with Crippen molar-refractivity contribution in [1.82, 2.24) is 14.9 Å². The van der Waals surface area contributed by atoms with Crippen LogP contribution in [0.5, 0.6) is 0 Å². The molecule has 4 aliphatic carbocycles. The number of aryl methyl sites for hydroxylation is 1. The molecular formula is C23H31N3O. The van der Waals surface area contributed by atoms with Gasteiger partial charge in [0.05, 0.1) is 11.1 Å². The molecule has 1 N–H and O–H groups in total. The number of carbonyl (C=O) groups is 1. The topological polar surface area (TPSA) is 46.9 Å². The van der Waals surface area contributed by atoms with Crippen LogP contribution in [0.4, 0.5) is 0 Å². The van der Waals surface area contributed by atoms with Gasteiger partial charge < -0.3 is 9.88 Å². The number of aromatic nitrogens is 2. The van der Waals surface area contributed by atoms with Gasteiger partial charge in [-0.1, -0.05) is 19.8 Å². The molecule has 6 rings (SSSR count). The lowest BCUT2D eigenvalue weighted by Gasteiger charge is -2.56. The van der Waals surface area contributed by atoms with Gasteiger partial charge >= 0.3 is 0 Å². The van der Waals surface area contributed by atoms with Crippen LogP contribution in [0.1, 0.15) is 75.1 Å². The van der Waals surface area contributed by atoms with E-state index in [0.717, 1.165) is 47.3 Å². The van der Waals surface area contributed by atoms with E-state index < -0.39 is 0 Å². The van der Waals surface area contributed by atoms with Crippen LogP contribution in [0.25, 0.3) is 11.0 Å². The van der Waals surface area contributed by atoms with E-state index in [1.807, 2.05) is 12.3 Å². The van der Waals surface area contributed by atoms with Gasteiger partial charge in [0, 0.05) is 24.5 Å². The maximum absolute atomic E-state index is 13.3. The minimum Gasteiger partial charge on any atom is -0.346 e. The molecule has 4 aliphatic rings. The first-order valence-corrected chi connectivity index (χ1v) is 10.9. The van der Waals surface area contributed by atoms with E-state index in [0.29, 0.717) is 0 Å². The zero-order chi connectivity index (χ0) is 18.4. The van der Waals surface area contributed by atoms with Gasteiger partial charge in [-0.05, 0) is 74.8 Å². The molecule has 0 aliphatic heterocycles. The Balaban J connectivity index is 1.41. The average Bonchev–Trinajstić information content (AvgIpc) is 3.00. The maximum atomic E-state index is 13.3. The monoisotopic (exact) mass is 365 g/mol. The highest BCUT2D eigenvalue weighted by atomic mass is 16.1. The fourth-order valence-corrected chi connectivity index (χ4v) is 6.58. The Morgan fingerprint density at radius 3 is 2.56 bits per heavy atom. The lowest BCUT2D eigenvalue weighted by molar-refractivity contribution is -0.0166. The van der Waals surface area contributed by atoms with Crippen molar-refractivity contribution in [3.05, 3.63) is 30.1 Å². The van der Waals surface area contributed by atoms with Crippen molar-refractivity contribution in [2.45, 2.75) is 76.8 Å². The Kier molecular flexibility index (Phi) is 4.25. The number of nitrogens with one attached hydrogen (secondary N) is 1. The van der Waals surface area contributed by atoms with Crippen LogP contribution >= 0.6 is 0 Å². The number of carbonyl (C=O) groups excluding carboxylic acids is 1. The first kappa shape index (κ1) is 17.3. The summed E-state index contributed by atoms with van der Waals surface area (Å²) in [6, 6.07) is 4.06. The van der Waals surface area contributed by atoms with E-state index in [9.17, 15) is 4.79 Å². The number of amides is 1. The third-order valence-electron chi connectivity index (χ3n) is 7.30. The number of hydrogen-bond acceptors (Lipinski definition) is 2. The van der Waals surface area contributed by atoms with Crippen LogP contribution in [0.15, 0.2) is 24.5 Å². The van der Waals surface area contributed by atoms with Crippen molar-refractivity contribution in [3.63, 3.8) is 0 Å². The standard InChI is InChI=1S/C23H31N3O/c1-2-3-4-8-26-15-19(21-20(26)6-5-7-24-21)22(27)25-23-12-16-9-17(13-23)11-18(10-16)14-23/h5-7,15-18H,2-4,8-14H2,1H3,(H,25,27). The Morgan fingerprint density at radius 1 is 1.19 bits per heavy atom.